The van der Waals surface area contributed by atoms with E-state index in [1.807, 2.05) is 6.92 Å². The van der Waals surface area contributed by atoms with Crippen LogP contribution in [0.3, 0.4) is 0 Å². The standard InChI is InChI=1S/C12H14N6O/c1-2-9-6-8(7-11(15-9)17-13)12(19)16-10-4-3-5-14-18-10/h3-7H,2,13H2,1H3,(H,15,17)(H,16,18,19). The van der Waals surface area contributed by atoms with E-state index >= 15 is 0 Å². The molecule has 0 saturated heterocycles. The van der Waals surface area contributed by atoms with Crippen molar-refractivity contribution in [3.63, 3.8) is 0 Å². The van der Waals surface area contributed by atoms with Crippen LogP contribution in [0, 0.1) is 0 Å². The maximum Gasteiger partial charge on any atom is 0.257 e. The molecule has 0 aliphatic heterocycles. The second-order valence-electron chi connectivity index (χ2n) is 3.79. The van der Waals surface area contributed by atoms with E-state index < -0.39 is 0 Å². The van der Waals surface area contributed by atoms with E-state index in [4.69, 9.17) is 5.84 Å². The molecule has 0 atom stereocenters. The smallest absolute Gasteiger partial charge is 0.257 e. The molecular weight excluding hydrogens is 244 g/mol. The monoisotopic (exact) mass is 258 g/mol. The quantitative estimate of drug-likeness (QED) is 0.557. The van der Waals surface area contributed by atoms with Crippen molar-refractivity contribution in [3.8, 4) is 0 Å². The van der Waals surface area contributed by atoms with Crippen LogP contribution in [-0.4, -0.2) is 21.1 Å². The maximum atomic E-state index is 12.1. The molecule has 1 amide bonds. The molecule has 7 heteroatoms. The van der Waals surface area contributed by atoms with Crippen LogP contribution < -0.4 is 16.6 Å². The van der Waals surface area contributed by atoms with Crippen molar-refractivity contribution in [1.82, 2.24) is 15.2 Å². The van der Waals surface area contributed by atoms with Gasteiger partial charge in [0.25, 0.3) is 5.91 Å². The molecule has 7 nitrogen and oxygen atoms in total. The average Bonchev–Trinajstić information content (AvgIpc) is 2.47. The number of carbonyl (C=O) groups is 1. The summed E-state index contributed by atoms with van der Waals surface area (Å²) in [5, 5.41) is 10.1. The van der Waals surface area contributed by atoms with E-state index in [0.717, 1.165) is 5.69 Å². The molecule has 0 spiro atoms. The minimum absolute atomic E-state index is 0.283. The first-order chi connectivity index (χ1) is 9.22. The minimum atomic E-state index is -0.283. The van der Waals surface area contributed by atoms with Crippen LogP contribution in [-0.2, 0) is 6.42 Å². The first-order valence-corrected chi connectivity index (χ1v) is 5.79. The Morgan fingerprint density at radius 2 is 2.21 bits per heavy atom. The predicted molar refractivity (Wildman–Crippen MR) is 71.4 cm³/mol. The van der Waals surface area contributed by atoms with Crippen molar-refractivity contribution in [1.29, 1.82) is 0 Å². The summed E-state index contributed by atoms with van der Waals surface area (Å²) in [6, 6.07) is 6.64. The molecule has 0 bridgehead atoms. The summed E-state index contributed by atoms with van der Waals surface area (Å²) in [6.07, 6.45) is 2.24. The molecule has 0 fully saturated rings. The van der Waals surface area contributed by atoms with E-state index in [1.165, 1.54) is 6.20 Å². The Morgan fingerprint density at radius 1 is 1.37 bits per heavy atom. The van der Waals surface area contributed by atoms with Gasteiger partial charge in [-0.3, -0.25) is 4.79 Å². The average molecular weight is 258 g/mol. The van der Waals surface area contributed by atoms with E-state index in [1.54, 1.807) is 24.3 Å². The first-order valence-electron chi connectivity index (χ1n) is 5.79. The van der Waals surface area contributed by atoms with E-state index in [-0.39, 0.29) is 5.91 Å². The number of pyridine rings is 1. The van der Waals surface area contributed by atoms with Crippen LogP contribution in [0.5, 0.6) is 0 Å². The summed E-state index contributed by atoms with van der Waals surface area (Å²) in [4.78, 5) is 16.3. The molecule has 0 saturated carbocycles. The molecule has 2 heterocycles. The summed E-state index contributed by atoms with van der Waals surface area (Å²) in [5.74, 6) is 5.89. The highest BCUT2D eigenvalue weighted by Crippen LogP contribution is 2.12. The number of hydrogen-bond donors (Lipinski definition) is 3. The normalized spacial score (nSPS) is 10.0. The molecule has 98 valence electrons. The van der Waals surface area contributed by atoms with Crippen LogP contribution in [0.4, 0.5) is 11.6 Å². The molecule has 2 rings (SSSR count). The first kappa shape index (κ1) is 12.9. The lowest BCUT2D eigenvalue weighted by molar-refractivity contribution is 0.102. The summed E-state index contributed by atoms with van der Waals surface area (Å²) in [5.41, 5.74) is 3.68. The van der Waals surface area contributed by atoms with Gasteiger partial charge in [0.15, 0.2) is 5.82 Å². The Hall–Kier alpha value is -2.54. The van der Waals surface area contributed by atoms with Gasteiger partial charge in [-0.2, -0.15) is 5.10 Å². The summed E-state index contributed by atoms with van der Waals surface area (Å²) < 4.78 is 0. The molecule has 19 heavy (non-hydrogen) atoms. The Kier molecular flexibility index (Phi) is 3.99. The Balaban J connectivity index is 2.23. The zero-order valence-corrected chi connectivity index (χ0v) is 10.4. The highest BCUT2D eigenvalue weighted by atomic mass is 16.1. The molecule has 4 N–H and O–H groups in total. The topological polar surface area (TPSA) is 106 Å². The fraction of sp³-hybridized carbons (Fsp3) is 0.167. The number of aryl methyl sites for hydroxylation is 1. The SMILES string of the molecule is CCc1cc(C(=O)Nc2cccnn2)cc(NN)n1. The Labute approximate surface area is 110 Å². The lowest BCUT2D eigenvalue weighted by Gasteiger charge is -2.07. The highest BCUT2D eigenvalue weighted by Gasteiger charge is 2.10. The number of aromatic nitrogens is 3. The van der Waals surface area contributed by atoms with Gasteiger partial charge in [-0.25, -0.2) is 10.8 Å². The van der Waals surface area contributed by atoms with Crippen molar-refractivity contribution in [2.75, 3.05) is 10.7 Å². The summed E-state index contributed by atoms with van der Waals surface area (Å²) >= 11 is 0. The lowest BCUT2D eigenvalue weighted by atomic mass is 10.2. The third-order valence-corrected chi connectivity index (χ3v) is 2.46. The fourth-order valence-corrected chi connectivity index (χ4v) is 1.53. The number of nitrogen functional groups attached to an aromatic ring is 1. The van der Waals surface area contributed by atoms with Crippen LogP contribution in [0.2, 0.25) is 0 Å². The van der Waals surface area contributed by atoms with Gasteiger partial charge < -0.3 is 10.7 Å². The van der Waals surface area contributed by atoms with Crippen molar-refractivity contribution in [2.45, 2.75) is 13.3 Å². The maximum absolute atomic E-state index is 12.1. The van der Waals surface area contributed by atoms with Gasteiger partial charge in [0, 0.05) is 17.5 Å². The molecule has 0 unspecified atom stereocenters. The van der Waals surface area contributed by atoms with Gasteiger partial charge in [-0.15, -0.1) is 5.10 Å². The molecule has 2 aromatic heterocycles. The number of rotatable bonds is 4. The van der Waals surface area contributed by atoms with Gasteiger partial charge in [-0.1, -0.05) is 6.92 Å². The number of nitrogens with zero attached hydrogens (tertiary/aromatic N) is 3. The van der Waals surface area contributed by atoms with Crippen LogP contribution in [0.25, 0.3) is 0 Å². The highest BCUT2D eigenvalue weighted by molar-refractivity contribution is 6.04. The van der Waals surface area contributed by atoms with E-state index in [0.29, 0.717) is 23.6 Å². The Morgan fingerprint density at radius 3 is 2.84 bits per heavy atom. The van der Waals surface area contributed by atoms with Gasteiger partial charge in [-0.05, 0) is 30.7 Å². The van der Waals surface area contributed by atoms with Gasteiger partial charge in [0.05, 0.1) is 0 Å². The van der Waals surface area contributed by atoms with Gasteiger partial charge in [0.1, 0.15) is 5.82 Å². The third kappa shape index (κ3) is 3.23. The van der Waals surface area contributed by atoms with Crippen molar-refractivity contribution in [2.24, 2.45) is 5.84 Å². The second kappa shape index (κ2) is 5.87. The molecule has 0 aromatic carbocycles. The number of hydrogen-bond acceptors (Lipinski definition) is 6. The number of anilines is 2. The van der Waals surface area contributed by atoms with Gasteiger partial charge >= 0.3 is 0 Å². The summed E-state index contributed by atoms with van der Waals surface area (Å²) in [7, 11) is 0. The van der Waals surface area contributed by atoms with E-state index in [2.05, 4.69) is 25.9 Å². The van der Waals surface area contributed by atoms with Crippen LogP contribution in [0.1, 0.15) is 23.0 Å². The van der Waals surface area contributed by atoms with Crippen molar-refractivity contribution >= 4 is 17.5 Å². The zero-order valence-electron chi connectivity index (χ0n) is 10.4. The zero-order chi connectivity index (χ0) is 13.7. The molecule has 2 aromatic rings. The molecule has 0 radical (unpaired) electrons. The fourth-order valence-electron chi connectivity index (χ4n) is 1.53. The predicted octanol–water partition coefficient (Wildman–Crippen LogP) is 0.972. The Bertz CT molecular complexity index is 549. The number of carbonyl (C=O) groups excluding carboxylic acids is 1. The number of nitrogens with one attached hydrogen (secondary N) is 2. The van der Waals surface area contributed by atoms with Crippen LogP contribution in [0.15, 0.2) is 30.5 Å². The van der Waals surface area contributed by atoms with Crippen molar-refractivity contribution < 1.29 is 4.79 Å². The molecular formula is C12H14N6O. The van der Waals surface area contributed by atoms with Crippen LogP contribution >= 0.6 is 0 Å². The largest absolute Gasteiger partial charge is 0.308 e. The number of amides is 1. The lowest BCUT2D eigenvalue weighted by Crippen LogP contribution is -2.16. The molecule has 0 aliphatic carbocycles. The number of nitrogens with two attached hydrogens (primary N) is 1. The number of hydrazine groups is 1. The third-order valence-electron chi connectivity index (χ3n) is 2.46. The van der Waals surface area contributed by atoms with Gasteiger partial charge in [0.2, 0.25) is 0 Å². The van der Waals surface area contributed by atoms with E-state index in [9.17, 15) is 4.79 Å². The minimum Gasteiger partial charge on any atom is -0.308 e. The van der Waals surface area contributed by atoms with Crippen molar-refractivity contribution in [3.05, 3.63) is 41.7 Å². The summed E-state index contributed by atoms with van der Waals surface area (Å²) in [6.45, 7) is 1.95. The molecule has 0 aliphatic rings. The second-order valence-corrected chi connectivity index (χ2v) is 3.79.